The lowest BCUT2D eigenvalue weighted by Crippen LogP contribution is -2.51. The lowest BCUT2D eigenvalue weighted by atomic mass is 10.1. The van der Waals surface area contributed by atoms with E-state index >= 15 is 0 Å². The first-order chi connectivity index (χ1) is 16.8. The second kappa shape index (κ2) is 11.9. The van der Waals surface area contributed by atoms with E-state index in [1.54, 1.807) is 42.5 Å². The van der Waals surface area contributed by atoms with Crippen molar-refractivity contribution in [3.05, 3.63) is 95.5 Å². The molecule has 0 heterocycles. The monoisotopic (exact) mass is 513 g/mol. The summed E-state index contributed by atoms with van der Waals surface area (Å²) < 4.78 is 28.3. The number of likely N-dealkylation sites (N-methyl/N-ethyl adjacent to an activating group) is 1. The van der Waals surface area contributed by atoms with Gasteiger partial charge in [-0.05, 0) is 48.4 Å². The second-order valence-corrected chi connectivity index (χ2v) is 10.1. The molecule has 0 aromatic heterocycles. The molecule has 3 rings (SSSR count). The fourth-order valence-corrected chi connectivity index (χ4v) is 5.28. The van der Waals surface area contributed by atoms with Crippen molar-refractivity contribution >= 4 is 39.1 Å². The van der Waals surface area contributed by atoms with Gasteiger partial charge in [0.15, 0.2) is 0 Å². The first-order valence-corrected chi connectivity index (χ1v) is 13.0. The molecule has 1 atom stereocenters. The minimum absolute atomic E-state index is 0.0516. The molecule has 3 aromatic carbocycles. The Balaban J connectivity index is 2.03. The molecule has 3 aromatic rings. The lowest BCUT2D eigenvalue weighted by Gasteiger charge is -2.33. The Kier molecular flexibility index (Phi) is 8.89. The van der Waals surface area contributed by atoms with Crippen LogP contribution in [-0.2, 0) is 26.2 Å². The van der Waals surface area contributed by atoms with E-state index in [0.29, 0.717) is 17.1 Å². The summed E-state index contributed by atoms with van der Waals surface area (Å²) in [5.41, 5.74) is 1.12. The third-order valence-electron chi connectivity index (χ3n) is 5.55. The summed E-state index contributed by atoms with van der Waals surface area (Å²) in [4.78, 5) is 27.8. The predicted octanol–water partition coefficient (Wildman–Crippen LogP) is 4.09. The third kappa shape index (κ3) is 6.41. The van der Waals surface area contributed by atoms with E-state index in [1.165, 1.54) is 24.1 Å². The van der Waals surface area contributed by atoms with Crippen molar-refractivity contribution in [1.29, 1.82) is 0 Å². The Labute approximate surface area is 211 Å². The Morgan fingerprint density at radius 2 is 1.49 bits per heavy atom. The maximum Gasteiger partial charge on any atom is 0.264 e. The van der Waals surface area contributed by atoms with E-state index in [4.69, 9.17) is 11.6 Å². The normalized spacial score (nSPS) is 12.0. The number of hydrogen-bond acceptors (Lipinski definition) is 4. The molecule has 0 spiro atoms. The summed E-state index contributed by atoms with van der Waals surface area (Å²) in [6, 6.07) is 22.6. The molecule has 1 N–H and O–H groups in total. The van der Waals surface area contributed by atoms with Gasteiger partial charge in [0, 0.05) is 18.6 Å². The minimum Gasteiger partial charge on any atom is -0.357 e. The van der Waals surface area contributed by atoms with Crippen molar-refractivity contribution in [3.8, 4) is 0 Å². The number of carbonyl (C=O) groups is 2. The number of rotatable bonds is 10. The van der Waals surface area contributed by atoms with E-state index in [1.807, 2.05) is 37.3 Å². The van der Waals surface area contributed by atoms with E-state index in [-0.39, 0.29) is 17.3 Å². The Morgan fingerprint density at radius 1 is 0.914 bits per heavy atom. The van der Waals surface area contributed by atoms with Gasteiger partial charge in [-0.25, -0.2) is 8.42 Å². The van der Waals surface area contributed by atoms with Gasteiger partial charge in [-0.15, -0.1) is 0 Å². The van der Waals surface area contributed by atoms with Crippen LogP contribution >= 0.6 is 11.6 Å². The van der Waals surface area contributed by atoms with Crippen LogP contribution in [0.1, 0.15) is 18.9 Å². The minimum atomic E-state index is -4.08. The molecule has 1 unspecified atom stereocenters. The summed E-state index contributed by atoms with van der Waals surface area (Å²) in [7, 11) is -2.57. The van der Waals surface area contributed by atoms with Crippen molar-refractivity contribution in [3.63, 3.8) is 0 Å². The number of nitrogens with zero attached hydrogens (tertiary/aromatic N) is 2. The summed E-state index contributed by atoms with van der Waals surface area (Å²) in [6.45, 7) is 1.48. The van der Waals surface area contributed by atoms with Crippen LogP contribution in [0, 0.1) is 0 Å². The molecule has 0 saturated carbocycles. The van der Waals surface area contributed by atoms with Gasteiger partial charge in [0.05, 0.1) is 10.6 Å². The van der Waals surface area contributed by atoms with Crippen LogP contribution in [0.25, 0.3) is 0 Å². The van der Waals surface area contributed by atoms with Crippen molar-refractivity contribution < 1.29 is 18.0 Å². The van der Waals surface area contributed by atoms with Gasteiger partial charge in [-0.2, -0.15) is 0 Å². The van der Waals surface area contributed by atoms with Crippen molar-refractivity contribution in [2.75, 3.05) is 17.9 Å². The molecule has 0 saturated heterocycles. The molecule has 7 nitrogen and oxygen atoms in total. The van der Waals surface area contributed by atoms with Crippen LogP contribution in [0.2, 0.25) is 5.02 Å². The van der Waals surface area contributed by atoms with E-state index in [9.17, 15) is 18.0 Å². The Hall–Kier alpha value is -3.36. The molecule has 9 heteroatoms. The van der Waals surface area contributed by atoms with Gasteiger partial charge in [-0.3, -0.25) is 13.9 Å². The zero-order valence-electron chi connectivity index (χ0n) is 19.6. The lowest BCUT2D eigenvalue weighted by molar-refractivity contribution is -0.140. The first kappa shape index (κ1) is 26.2. The molecule has 0 radical (unpaired) electrons. The summed E-state index contributed by atoms with van der Waals surface area (Å²) in [6.07, 6.45) is 0.366. The Bertz CT molecular complexity index is 1240. The third-order valence-corrected chi connectivity index (χ3v) is 7.59. The average Bonchev–Trinajstić information content (AvgIpc) is 2.88. The van der Waals surface area contributed by atoms with Crippen molar-refractivity contribution in [1.82, 2.24) is 10.2 Å². The van der Waals surface area contributed by atoms with Crippen LogP contribution in [0.4, 0.5) is 5.69 Å². The highest BCUT2D eigenvalue weighted by Crippen LogP contribution is 2.26. The van der Waals surface area contributed by atoms with Crippen molar-refractivity contribution in [2.24, 2.45) is 0 Å². The summed E-state index contributed by atoms with van der Waals surface area (Å²) >= 11 is 6.02. The first-order valence-electron chi connectivity index (χ1n) is 11.2. The molecule has 35 heavy (non-hydrogen) atoms. The fourth-order valence-electron chi connectivity index (χ4n) is 3.72. The van der Waals surface area contributed by atoms with Gasteiger partial charge in [0.1, 0.15) is 12.6 Å². The molecule has 0 aliphatic heterocycles. The number of carbonyl (C=O) groups excluding carboxylic acids is 2. The predicted molar refractivity (Wildman–Crippen MR) is 138 cm³/mol. The maximum atomic E-state index is 13.7. The maximum absolute atomic E-state index is 13.7. The number of amides is 2. The zero-order valence-corrected chi connectivity index (χ0v) is 21.2. The standard InChI is InChI=1S/C26H28ClN3O4S/c1-3-24(26(32)28-2)29(18-20-10-6-4-7-11-20)25(31)19-30(22-16-14-21(27)15-17-22)35(33,34)23-12-8-5-9-13-23/h4-17,24H,3,18-19H2,1-2H3,(H,28,32). The highest BCUT2D eigenvalue weighted by Gasteiger charge is 2.33. The second-order valence-electron chi connectivity index (χ2n) is 7.85. The number of anilines is 1. The molecule has 0 aliphatic rings. The largest absolute Gasteiger partial charge is 0.357 e. The number of sulfonamides is 1. The highest BCUT2D eigenvalue weighted by molar-refractivity contribution is 7.92. The SMILES string of the molecule is CCC(C(=O)NC)N(Cc1ccccc1)C(=O)CN(c1ccc(Cl)cc1)S(=O)(=O)c1ccccc1. The van der Waals surface area contributed by atoms with Crippen LogP contribution < -0.4 is 9.62 Å². The van der Waals surface area contributed by atoms with Crippen LogP contribution in [-0.4, -0.2) is 44.8 Å². The fraction of sp³-hybridized carbons (Fsp3) is 0.231. The molecule has 184 valence electrons. The number of nitrogens with one attached hydrogen (secondary N) is 1. The number of hydrogen-bond donors (Lipinski definition) is 1. The van der Waals surface area contributed by atoms with Gasteiger partial charge in [-0.1, -0.05) is 67.1 Å². The molecular formula is C26H28ClN3O4S. The summed E-state index contributed by atoms with van der Waals surface area (Å²) in [5.74, 6) is -0.820. The molecule has 0 aliphatic carbocycles. The van der Waals surface area contributed by atoms with E-state index < -0.39 is 28.5 Å². The molecule has 0 fully saturated rings. The topological polar surface area (TPSA) is 86.8 Å². The van der Waals surface area contributed by atoms with Crippen LogP contribution in [0.15, 0.2) is 89.8 Å². The molecule has 0 bridgehead atoms. The van der Waals surface area contributed by atoms with E-state index in [2.05, 4.69) is 5.32 Å². The Morgan fingerprint density at radius 3 is 2.03 bits per heavy atom. The van der Waals surface area contributed by atoms with Crippen molar-refractivity contribution in [2.45, 2.75) is 30.8 Å². The smallest absolute Gasteiger partial charge is 0.264 e. The zero-order chi connectivity index (χ0) is 25.4. The average molecular weight is 514 g/mol. The van der Waals surface area contributed by atoms with Crippen LogP contribution in [0.5, 0.6) is 0 Å². The van der Waals surface area contributed by atoms with Gasteiger partial charge < -0.3 is 10.2 Å². The molecule has 2 amide bonds. The van der Waals surface area contributed by atoms with Gasteiger partial charge >= 0.3 is 0 Å². The highest BCUT2D eigenvalue weighted by atomic mass is 35.5. The quantitative estimate of drug-likeness (QED) is 0.442. The van der Waals surface area contributed by atoms with E-state index in [0.717, 1.165) is 9.87 Å². The number of benzene rings is 3. The van der Waals surface area contributed by atoms with Gasteiger partial charge in [0.2, 0.25) is 11.8 Å². The van der Waals surface area contributed by atoms with Gasteiger partial charge in [0.25, 0.3) is 10.0 Å². The van der Waals surface area contributed by atoms with Crippen LogP contribution in [0.3, 0.4) is 0 Å². The molecular weight excluding hydrogens is 486 g/mol. The number of halogens is 1. The summed E-state index contributed by atoms with van der Waals surface area (Å²) in [5, 5.41) is 3.04.